The van der Waals surface area contributed by atoms with E-state index in [1.807, 2.05) is 11.8 Å². The third-order valence-electron chi connectivity index (χ3n) is 6.66. The van der Waals surface area contributed by atoms with Crippen molar-refractivity contribution in [2.75, 3.05) is 25.2 Å². The molecule has 0 aliphatic carbocycles. The van der Waals surface area contributed by atoms with Crippen molar-refractivity contribution in [2.24, 2.45) is 5.41 Å². The number of ether oxygens (including phenoxy) is 1. The summed E-state index contributed by atoms with van der Waals surface area (Å²) in [5.74, 6) is 1.35. The van der Waals surface area contributed by atoms with Crippen LogP contribution in [-0.2, 0) is 4.74 Å². The summed E-state index contributed by atoms with van der Waals surface area (Å²) in [5.41, 5.74) is 0.539. The topological polar surface area (TPSA) is 9.23 Å². The van der Waals surface area contributed by atoms with Crippen LogP contribution in [0.5, 0.6) is 0 Å². The van der Waals surface area contributed by atoms with Gasteiger partial charge in [-0.1, -0.05) is 111 Å². The molecule has 0 fully saturated rings. The van der Waals surface area contributed by atoms with Crippen molar-refractivity contribution in [3.8, 4) is 0 Å². The molecule has 0 aliphatic rings. The van der Waals surface area contributed by atoms with Gasteiger partial charge in [0.25, 0.3) is 0 Å². The summed E-state index contributed by atoms with van der Waals surface area (Å²) in [5, 5.41) is 0. The second-order valence-corrected chi connectivity index (χ2v) is 10.2. The fourth-order valence-corrected chi connectivity index (χ4v) is 4.37. The lowest BCUT2D eigenvalue weighted by atomic mass is 9.80. The van der Waals surface area contributed by atoms with E-state index in [1.165, 1.54) is 121 Å². The molecule has 0 N–H and O–H groups in total. The van der Waals surface area contributed by atoms with Crippen molar-refractivity contribution >= 4 is 11.8 Å². The van der Waals surface area contributed by atoms with Crippen LogP contribution >= 0.6 is 11.8 Å². The van der Waals surface area contributed by atoms with E-state index in [0.717, 1.165) is 13.2 Å². The van der Waals surface area contributed by atoms with E-state index in [1.54, 1.807) is 0 Å². The highest BCUT2D eigenvalue weighted by atomic mass is 32.2. The van der Waals surface area contributed by atoms with Gasteiger partial charge in [-0.15, -0.1) is 0 Å². The van der Waals surface area contributed by atoms with Crippen LogP contribution in [0.15, 0.2) is 0 Å². The van der Waals surface area contributed by atoms with Crippen molar-refractivity contribution in [1.82, 2.24) is 0 Å². The molecule has 0 bridgehead atoms. The first-order valence-corrected chi connectivity index (χ1v) is 14.1. The molecule has 0 amide bonds. The molecule has 0 rings (SSSR count). The zero-order valence-corrected chi connectivity index (χ0v) is 21.0. The molecule has 0 spiro atoms. The Balaban J connectivity index is 3.11. The average molecular weight is 415 g/mol. The number of thioether (sulfide) groups is 1. The van der Waals surface area contributed by atoms with E-state index in [-0.39, 0.29) is 0 Å². The van der Waals surface area contributed by atoms with Crippen LogP contribution in [-0.4, -0.2) is 25.2 Å². The monoisotopic (exact) mass is 414 g/mol. The van der Waals surface area contributed by atoms with Gasteiger partial charge in [0.05, 0.1) is 0 Å². The van der Waals surface area contributed by atoms with Crippen molar-refractivity contribution in [1.29, 1.82) is 0 Å². The lowest BCUT2D eigenvalue weighted by Gasteiger charge is -2.26. The first kappa shape index (κ1) is 28.3. The fourth-order valence-electron chi connectivity index (χ4n) is 3.88. The molecule has 0 aromatic carbocycles. The Morgan fingerprint density at radius 1 is 0.571 bits per heavy atom. The molecule has 0 saturated carbocycles. The van der Waals surface area contributed by atoms with Crippen molar-refractivity contribution in [3.05, 3.63) is 0 Å². The Hall–Kier alpha value is 0.310. The van der Waals surface area contributed by atoms with Gasteiger partial charge in [0.15, 0.2) is 0 Å². The van der Waals surface area contributed by atoms with E-state index >= 15 is 0 Å². The molecular weight excluding hydrogens is 360 g/mol. The third-order valence-corrected chi connectivity index (χ3v) is 7.36. The van der Waals surface area contributed by atoms with Gasteiger partial charge in [0.2, 0.25) is 0 Å². The number of unbranched alkanes of at least 4 members (excludes halogenated alkanes) is 13. The minimum atomic E-state index is 0.539. The van der Waals surface area contributed by atoms with Gasteiger partial charge < -0.3 is 4.74 Å². The summed E-state index contributed by atoms with van der Waals surface area (Å²) in [7, 11) is 0. The smallest absolute Gasteiger partial charge is 0.0466 e. The second kappa shape index (κ2) is 22.0. The van der Waals surface area contributed by atoms with E-state index < -0.39 is 0 Å². The minimum Gasteiger partial charge on any atom is -0.381 e. The molecule has 1 nitrogen and oxygen atoms in total. The maximum Gasteiger partial charge on any atom is 0.0466 e. The summed E-state index contributed by atoms with van der Waals surface area (Å²) < 4.78 is 5.84. The van der Waals surface area contributed by atoms with E-state index in [0.29, 0.717) is 5.41 Å². The lowest BCUT2D eigenvalue weighted by Crippen LogP contribution is -2.14. The highest BCUT2D eigenvalue weighted by Gasteiger charge is 2.18. The van der Waals surface area contributed by atoms with Crippen molar-refractivity contribution in [2.45, 2.75) is 136 Å². The molecule has 0 aliphatic heterocycles. The predicted molar refractivity (Wildman–Crippen MR) is 132 cm³/mol. The molecule has 2 heteroatoms. The zero-order chi connectivity index (χ0) is 20.8. The number of hydrogen-bond acceptors (Lipinski definition) is 2. The van der Waals surface area contributed by atoms with Gasteiger partial charge in [-0.05, 0) is 43.1 Å². The normalized spacial score (nSPS) is 12.0. The summed E-state index contributed by atoms with van der Waals surface area (Å²) in [6, 6.07) is 0. The van der Waals surface area contributed by atoms with Gasteiger partial charge in [-0.25, -0.2) is 0 Å². The average Bonchev–Trinajstić information content (AvgIpc) is 2.72. The van der Waals surface area contributed by atoms with E-state index in [9.17, 15) is 0 Å². The van der Waals surface area contributed by atoms with Crippen LogP contribution in [0.1, 0.15) is 136 Å². The zero-order valence-electron chi connectivity index (χ0n) is 20.2. The maximum absolute atomic E-state index is 5.84. The maximum atomic E-state index is 5.84. The molecule has 0 radical (unpaired) electrons. The van der Waals surface area contributed by atoms with Crippen LogP contribution in [0.25, 0.3) is 0 Å². The van der Waals surface area contributed by atoms with Gasteiger partial charge in [-0.3, -0.25) is 0 Å². The van der Waals surface area contributed by atoms with Crippen molar-refractivity contribution < 1.29 is 4.74 Å². The van der Waals surface area contributed by atoms with Crippen LogP contribution in [0.4, 0.5) is 0 Å². The molecule has 0 saturated heterocycles. The quantitative estimate of drug-likeness (QED) is 0.154. The van der Waals surface area contributed by atoms with Gasteiger partial charge >= 0.3 is 0 Å². The first-order valence-electron chi connectivity index (χ1n) is 12.7. The Morgan fingerprint density at radius 3 is 1.39 bits per heavy atom. The van der Waals surface area contributed by atoms with Gasteiger partial charge in [0.1, 0.15) is 0 Å². The van der Waals surface area contributed by atoms with Crippen LogP contribution in [0.2, 0.25) is 0 Å². The van der Waals surface area contributed by atoms with Gasteiger partial charge in [-0.2, -0.15) is 11.8 Å². The van der Waals surface area contributed by atoms with Crippen molar-refractivity contribution in [3.63, 3.8) is 0 Å². The predicted octanol–water partition coefficient (Wildman–Crippen LogP) is 9.43. The van der Waals surface area contributed by atoms with Crippen LogP contribution in [0, 0.1) is 5.41 Å². The van der Waals surface area contributed by atoms with E-state index in [4.69, 9.17) is 4.74 Å². The lowest BCUT2D eigenvalue weighted by molar-refractivity contribution is 0.113. The Bertz CT molecular complexity index is 288. The molecule has 28 heavy (non-hydrogen) atoms. The standard InChI is InChI=1S/C26H54OS/c1-5-26(3,6-2)22-21-24-27-23-19-17-15-13-11-9-7-8-10-12-14-16-18-20-25-28-4/h5-25H2,1-4H3. The Morgan fingerprint density at radius 2 is 0.964 bits per heavy atom. The first-order chi connectivity index (χ1) is 13.7. The summed E-state index contributed by atoms with van der Waals surface area (Å²) in [6.07, 6.45) is 27.4. The molecule has 0 unspecified atom stereocenters. The molecule has 0 aromatic rings. The second-order valence-electron chi connectivity index (χ2n) is 9.18. The Kier molecular flexibility index (Phi) is 22.2. The number of hydrogen-bond donors (Lipinski definition) is 0. The molecular formula is C26H54OS. The van der Waals surface area contributed by atoms with Crippen LogP contribution in [0.3, 0.4) is 0 Å². The molecule has 0 heterocycles. The SMILES string of the molecule is CCC(C)(CC)CCCOCCCCCCCCCCCCCCCCSC. The fraction of sp³-hybridized carbons (Fsp3) is 1.00. The number of rotatable bonds is 23. The van der Waals surface area contributed by atoms with Crippen LogP contribution < -0.4 is 0 Å². The largest absolute Gasteiger partial charge is 0.381 e. The molecule has 0 aromatic heterocycles. The highest BCUT2D eigenvalue weighted by molar-refractivity contribution is 7.98. The third kappa shape index (κ3) is 19.6. The Labute approximate surface area is 183 Å². The van der Waals surface area contributed by atoms with Gasteiger partial charge in [0, 0.05) is 13.2 Å². The minimum absolute atomic E-state index is 0.539. The summed E-state index contributed by atoms with van der Waals surface area (Å²) >= 11 is 1.99. The highest BCUT2D eigenvalue weighted by Crippen LogP contribution is 2.30. The molecule has 170 valence electrons. The summed E-state index contributed by atoms with van der Waals surface area (Å²) in [6.45, 7) is 9.00. The molecule has 0 atom stereocenters. The summed E-state index contributed by atoms with van der Waals surface area (Å²) in [4.78, 5) is 0. The van der Waals surface area contributed by atoms with E-state index in [2.05, 4.69) is 27.0 Å².